The summed E-state index contributed by atoms with van der Waals surface area (Å²) >= 11 is 0. The predicted molar refractivity (Wildman–Crippen MR) is 120 cm³/mol. The molecule has 0 bridgehead atoms. The van der Waals surface area contributed by atoms with Crippen LogP contribution in [-0.2, 0) is 19.6 Å². The van der Waals surface area contributed by atoms with E-state index in [1.165, 1.54) is 17.0 Å². The monoisotopic (exact) mass is 427 g/mol. The number of hydrogen-bond acceptors (Lipinski definition) is 4. The average Bonchev–Trinajstić information content (AvgIpc) is 2.80. The first-order valence-electron chi connectivity index (χ1n) is 10.4. The molecule has 0 amide bonds. The number of nitrogens with zero attached hydrogens (tertiary/aromatic N) is 1. The summed E-state index contributed by atoms with van der Waals surface area (Å²) in [7, 11) is -2.50. The fourth-order valence-corrected chi connectivity index (χ4v) is 5.53. The molecule has 2 aromatic carbocycles. The summed E-state index contributed by atoms with van der Waals surface area (Å²) < 4.78 is 32.2. The van der Waals surface area contributed by atoms with Gasteiger partial charge in [0.15, 0.2) is 5.25 Å². The van der Waals surface area contributed by atoms with Crippen LogP contribution in [0.2, 0.25) is 0 Å². The predicted octanol–water partition coefficient (Wildman–Crippen LogP) is 4.50. The van der Waals surface area contributed by atoms with E-state index in [1.54, 1.807) is 0 Å². The molecule has 1 aliphatic heterocycles. The minimum atomic E-state index is -3.74. The molecule has 0 aromatic heterocycles. The molecule has 1 aliphatic rings. The van der Waals surface area contributed by atoms with E-state index in [9.17, 15) is 13.2 Å². The molecule has 0 aliphatic carbocycles. The Labute approximate surface area is 179 Å². The second kappa shape index (κ2) is 10.0. The Bertz CT molecular complexity index is 982. The van der Waals surface area contributed by atoms with Crippen LogP contribution in [-0.4, -0.2) is 44.1 Å². The van der Waals surface area contributed by atoms with Crippen molar-refractivity contribution in [2.45, 2.75) is 37.9 Å². The Morgan fingerprint density at radius 1 is 1.03 bits per heavy atom. The van der Waals surface area contributed by atoms with Crippen molar-refractivity contribution in [2.75, 3.05) is 20.2 Å². The molecule has 2 aromatic rings. The summed E-state index contributed by atoms with van der Waals surface area (Å²) in [5, 5.41) is -1.12. The van der Waals surface area contributed by atoms with Crippen LogP contribution in [0.5, 0.6) is 0 Å². The van der Waals surface area contributed by atoms with Gasteiger partial charge >= 0.3 is 5.97 Å². The zero-order chi connectivity index (χ0) is 21.6. The van der Waals surface area contributed by atoms with Crippen molar-refractivity contribution in [3.8, 4) is 11.1 Å². The average molecular weight is 428 g/mol. The van der Waals surface area contributed by atoms with Gasteiger partial charge in [-0.25, -0.2) is 8.42 Å². The Morgan fingerprint density at radius 2 is 1.67 bits per heavy atom. The van der Waals surface area contributed by atoms with Crippen molar-refractivity contribution in [3.63, 3.8) is 0 Å². The number of methoxy groups -OCH3 is 1. The topological polar surface area (TPSA) is 63.7 Å². The van der Waals surface area contributed by atoms with Crippen LogP contribution in [0.3, 0.4) is 0 Å². The van der Waals surface area contributed by atoms with E-state index in [1.807, 2.05) is 31.2 Å². The van der Waals surface area contributed by atoms with E-state index in [0.29, 0.717) is 25.8 Å². The van der Waals surface area contributed by atoms with Gasteiger partial charge in [-0.15, -0.1) is 0 Å². The van der Waals surface area contributed by atoms with Gasteiger partial charge in [-0.2, -0.15) is 4.31 Å². The van der Waals surface area contributed by atoms with Crippen LogP contribution >= 0.6 is 0 Å². The summed E-state index contributed by atoms with van der Waals surface area (Å²) in [5.74, 6) is -0.672. The molecule has 0 spiro atoms. The van der Waals surface area contributed by atoms with Gasteiger partial charge in [-0.1, -0.05) is 80.4 Å². The minimum absolute atomic E-state index is 0.276. The first-order chi connectivity index (χ1) is 14.5. The lowest BCUT2D eigenvalue weighted by Gasteiger charge is -2.29. The van der Waals surface area contributed by atoms with E-state index < -0.39 is 21.2 Å². The molecule has 30 heavy (non-hydrogen) atoms. The number of ether oxygens (including phenoxy) is 1. The molecule has 0 N–H and O–H groups in total. The van der Waals surface area contributed by atoms with E-state index in [-0.39, 0.29) is 6.54 Å². The van der Waals surface area contributed by atoms with Crippen LogP contribution in [0.4, 0.5) is 0 Å². The summed E-state index contributed by atoms with van der Waals surface area (Å²) in [6, 6.07) is 18.5. The van der Waals surface area contributed by atoms with Crippen molar-refractivity contribution in [1.29, 1.82) is 0 Å². The van der Waals surface area contributed by atoms with Gasteiger partial charge in [-0.05, 0) is 35.1 Å². The number of sulfonamides is 1. The molecule has 0 saturated heterocycles. The van der Waals surface area contributed by atoms with Crippen molar-refractivity contribution < 1.29 is 17.9 Å². The van der Waals surface area contributed by atoms with E-state index >= 15 is 0 Å². The smallest absolute Gasteiger partial charge is 0.325 e. The first-order valence-corrected chi connectivity index (χ1v) is 11.9. The van der Waals surface area contributed by atoms with Crippen LogP contribution in [0.15, 0.2) is 60.7 Å². The van der Waals surface area contributed by atoms with Crippen LogP contribution in [0.25, 0.3) is 16.7 Å². The number of benzene rings is 2. The molecular weight excluding hydrogens is 398 g/mol. The van der Waals surface area contributed by atoms with Gasteiger partial charge in [0.1, 0.15) is 0 Å². The number of rotatable bonds is 8. The van der Waals surface area contributed by atoms with Gasteiger partial charge in [0.05, 0.1) is 7.11 Å². The zero-order valence-electron chi connectivity index (χ0n) is 17.6. The number of esters is 1. The lowest BCUT2D eigenvalue weighted by atomic mass is 9.97. The highest BCUT2D eigenvalue weighted by Gasteiger charge is 2.38. The molecule has 1 atom stereocenters. The summed E-state index contributed by atoms with van der Waals surface area (Å²) in [6.45, 7) is 2.62. The maximum Gasteiger partial charge on any atom is 0.325 e. The normalized spacial score (nSPS) is 16.0. The molecular formula is C24H29NO4S. The quantitative estimate of drug-likeness (QED) is 0.582. The first kappa shape index (κ1) is 22.2. The van der Waals surface area contributed by atoms with Crippen molar-refractivity contribution in [3.05, 3.63) is 66.2 Å². The van der Waals surface area contributed by atoms with Crippen molar-refractivity contribution in [2.24, 2.45) is 0 Å². The fraction of sp³-hybridized carbons (Fsp3) is 0.375. The van der Waals surface area contributed by atoms with Gasteiger partial charge in [0.25, 0.3) is 0 Å². The highest BCUT2D eigenvalue weighted by Crippen LogP contribution is 2.28. The number of carbonyl (C=O) groups excluding carboxylic acids is 1. The standard InChI is InChI=1S/C24H29NO4S/c1-3-4-10-23(24(26)29-2)30(27,28)25-17-15-22(16-18-25)21-13-11-20(12-14-21)19-8-6-5-7-9-19/h5-9,11-15,23H,3-4,10,16-18H2,1-2H3/t23-/m0/s1. The van der Waals surface area contributed by atoms with Gasteiger partial charge in [0, 0.05) is 13.1 Å². The fourth-order valence-electron chi connectivity index (χ4n) is 3.74. The molecule has 0 radical (unpaired) electrons. The highest BCUT2D eigenvalue weighted by molar-refractivity contribution is 7.90. The molecule has 0 unspecified atom stereocenters. The Hall–Kier alpha value is -2.44. The lowest BCUT2D eigenvalue weighted by molar-refractivity contribution is -0.140. The third-order valence-electron chi connectivity index (χ3n) is 5.54. The molecule has 6 heteroatoms. The van der Waals surface area contributed by atoms with Crippen LogP contribution < -0.4 is 0 Å². The molecule has 1 heterocycles. The molecule has 0 fully saturated rings. The number of hydrogen-bond donors (Lipinski definition) is 0. The summed E-state index contributed by atoms with van der Waals surface area (Å²) in [6.07, 6.45) is 4.35. The summed E-state index contributed by atoms with van der Waals surface area (Å²) in [4.78, 5) is 12.1. The SMILES string of the molecule is CCCC[C@@H](C(=O)OC)S(=O)(=O)N1CC=C(c2ccc(-c3ccccc3)cc2)CC1. The van der Waals surface area contributed by atoms with Gasteiger partial charge in [-0.3, -0.25) is 4.79 Å². The minimum Gasteiger partial charge on any atom is -0.468 e. The number of unbranched alkanes of at least 4 members (excludes halogenated alkanes) is 1. The second-order valence-electron chi connectivity index (χ2n) is 7.48. The third kappa shape index (κ3) is 4.99. The van der Waals surface area contributed by atoms with Crippen molar-refractivity contribution in [1.82, 2.24) is 4.31 Å². The maximum absolute atomic E-state index is 13.0. The lowest BCUT2D eigenvalue weighted by Crippen LogP contribution is -2.44. The van der Waals surface area contributed by atoms with Crippen LogP contribution in [0, 0.1) is 0 Å². The Morgan fingerprint density at radius 3 is 2.23 bits per heavy atom. The van der Waals surface area contributed by atoms with E-state index in [4.69, 9.17) is 4.74 Å². The molecule has 5 nitrogen and oxygen atoms in total. The highest BCUT2D eigenvalue weighted by atomic mass is 32.2. The Balaban J connectivity index is 1.73. The maximum atomic E-state index is 13.0. The zero-order valence-corrected chi connectivity index (χ0v) is 18.4. The summed E-state index contributed by atoms with van der Waals surface area (Å²) in [5.41, 5.74) is 4.54. The third-order valence-corrected chi connectivity index (χ3v) is 7.74. The second-order valence-corrected chi connectivity index (χ2v) is 9.60. The Kier molecular flexibility index (Phi) is 7.45. The van der Waals surface area contributed by atoms with E-state index in [0.717, 1.165) is 23.1 Å². The molecule has 160 valence electrons. The molecule has 3 rings (SSSR count). The van der Waals surface area contributed by atoms with Crippen LogP contribution in [0.1, 0.15) is 38.2 Å². The molecule has 0 saturated carbocycles. The van der Waals surface area contributed by atoms with Gasteiger partial charge < -0.3 is 4.74 Å². The largest absolute Gasteiger partial charge is 0.468 e. The van der Waals surface area contributed by atoms with Gasteiger partial charge in [0.2, 0.25) is 10.0 Å². The number of carbonyl (C=O) groups is 1. The van der Waals surface area contributed by atoms with E-state index in [2.05, 4.69) is 36.4 Å². The van der Waals surface area contributed by atoms with Crippen molar-refractivity contribution >= 4 is 21.6 Å².